The van der Waals surface area contributed by atoms with Crippen molar-refractivity contribution in [2.45, 2.75) is 47.0 Å². The highest BCUT2D eigenvalue weighted by atomic mass is 16.5. The molecule has 1 fully saturated rings. The summed E-state index contributed by atoms with van der Waals surface area (Å²) in [6, 6.07) is 6.91. The van der Waals surface area contributed by atoms with E-state index < -0.39 is 0 Å². The van der Waals surface area contributed by atoms with Gasteiger partial charge in [0.15, 0.2) is 0 Å². The van der Waals surface area contributed by atoms with Crippen molar-refractivity contribution in [1.82, 2.24) is 0 Å². The third-order valence-electron chi connectivity index (χ3n) is 5.02. The Morgan fingerprint density at radius 1 is 1.21 bits per heavy atom. The molecule has 4 nitrogen and oxygen atoms in total. The number of anilines is 1. The molecule has 4 heteroatoms. The van der Waals surface area contributed by atoms with Gasteiger partial charge in [-0.25, -0.2) is 4.79 Å². The first-order chi connectivity index (χ1) is 11.4. The summed E-state index contributed by atoms with van der Waals surface area (Å²) in [5, 5.41) is 3.02. The molecule has 132 valence electrons. The monoisotopic (exact) mass is 331 g/mol. The largest absolute Gasteiger partial charge is 0.462 e. The van der Waals surface area contributed by atoms with Gasteiger partial charge in [-0.3, -0.25) is 4.79 Å². The maximum absolute atomic E-state index is 12.7. The third-order valence-corrected chi connectivity index (χ3v) is 5.02. The van der Waals surface area contributed by atoms with Gasteiger partial charge in [-0.15, -0.1) is 0 Å². The smallest absolute Gasteiger partial charge is 0.338 e. The summed E-state index contributed by atoms with van der Waals surface area (Å²) in [5.41, 5.74) is 1.23. The first kappa shape index (κ1) is 18.5. The molecule has 0 radical (unpaired) electrons. The van der Waals surface area contributed by atoms with Crippen molar-refractivity contribution in [1.29, 1.82) is 0 Å². The maximum atomic E-state index is 12.7. The molecule has 0 bridgehead atoms. The molecule has 1 saturated carbocycles. The fraction of sp³-hybridized carbons (Fsp3) is 0.600. The summed E-state index contributed by atoms with van der Waals surface area (Å²) in [4.78, 5) is 24.4. The van der Waals surface area contributed by atoms with Crippen molar-refractivity contribution in [3.05, 3.63) is 29.8 Å². The van der Waals surface area contributed by atoms with E-state index in [-0.39, 0.29) is 17.8 Å². The van der Waals surface area contributed by atoms with E-state index >= 15 is 0 Å². The molecule has 0 spiro atoms. The van der Waals surface area contributed by atoms with E-state index in [2.05, 4.69) is 26.1 Å². The van der Waals surface area contributed by atoms with E-state index in [1.807, 2.05) is 0 Å². The van der Waals surface area contributed by atoms with E-state index in [0.29, 0.717) is 29.9 Å². The number of ether oxygens (including phenoxy) is 1. The molecule has 0 heterocycles. The van der Waals surface area contributed by atoms with Crippen molar-refractivity contribution < 1.29 is 14.3 Å². The van der Waals surface area contributed by atoms with Crippen LogP contribution in [0, 0.1) is 23.7 Å². The Morgan fingerprint density at radius 3 is 2.46 bits per heavy atom. The molecular weight excluding hydrogens is 302 g/mol. The van der Waals surface area contributed by atoms with E-state index in [0.717, 1.165) is 18.5 Å². The number of rotatable bonds is 5. The lowest BCUT2D eigenvalue weighted by atomic mass is 9.70. The summed E-state index contributed by atoms with van der Waals surface area (Å²) in [5.74, 6) is 1.39. The second kappa shape index (κ2) is 8.32. The molecule has 0 unspecified atom stereocenters. The van der Waals surface area contributed by atoms with E-state index in [1.165, 1.54) is 6.42 Å². The van der Waals surface area contributed by atoms with Gasteiger partial charge in [0, 0.05) is 11.6 Å². The number of nitrogens with one attached hydrogen (secondary N) is 1. The molecule has 1 aromatic carbocycles. The van der Waals surface area contributed by atoms with Gasteiger partial charge < -0.3 is 10.1 Å². The summed E-state index contributed by atoms with van der Waals surface area (Å²) < 4.78 is 4.97. The molecule has 1 aliphatic carbocycles. The SMILES string of the molecule is CCOC(=O)c1ccc(NC(=O)[C@@H]2C[C@H](C)CC[C@H]2C(C)C)cc1. The zero-order valence-corrected chi connectivity index (χ0v) is 15.2. The van der Waals surface area contributed by atoms with Crippen LogP contribution in [0.4, 0.5) is 5.69 Å². The van der Waals surface area contributed by atoms with Crippen molar-refractivity contribution in [2.24, 2.45) is 23.7 Å². The fourth-order valence-corrected chi connectivity index (χ4v) is 3.64. The molecule has 3 atom stereocenters. The zero-order valence-electron chi connectivity index (χ0n) is 15.2. The highest BCUT2D eigenvalue weighted by Crippen LogP contribution is 2.38. The lowest BCUT2D eigenvalue weighted by Gasteiger charge is -2.36. The minimum atomic E-state index is -0.337. The molecule has 24 heavy (non-hydrogen) atoms. The van der Waals surface area contributed by atoms with E-state index in [1.54, 1.807) is 31.2 Å². The van der Waals surface area contributed by atoms with Crippen LogP contribution in [0.5, 0.6) is 0 Å². The van der Waals surface area contributed by atoms with Crippen LogP contribution in [-0.4, -0.2) is 18.5 Å². The highest BCUT2D eigenvalue weighted by molar-refractivity contribution is 5.94. The number of hydrogen-bond acceptors (Lipinski definition) is 3. The molecule has 0 aliphatic heterocycles. The Morgan fingerprint density at radius 2 is 1.88 bits per heavy atom. The van der Waals surface area contributed by atoms with Gasteiger partial charge in [0.1, 0.15) is 0 Å². The Kier molecular flexibility index (Phi) is 6.41. The number of amides is 1. The lowest BCUT2D eigenvalue weighted by Crippen LogP contribution is -2.36. The normalized spacial score (nSPS) is 23.8. The van der Waals surface area contributed by atoms with Gasteiger partial charge in [0.25, 0.3) is 0 Å². The Bertz CT molecular complexity index is 565. The minimum absolute atomic E-state index is 0.0680. The van der Waals surface area contributed by atoms with Gasteiger partial charge in [-0.2, -0.15) is 0 Å². The number of carbonyl (C=O) groups is 2. The predicted octanol–water partition coefficient (Wildman–Crippen LogP) is 4.51. The van der Waals surface area contributed by atoms with Crippen molar-refractivity contribution >= 4 is 17.6 Å². The van der Waals surface area contributed by atoms with Crippen LogP contribution < -0.4 is 5.32 Å². The number of benzene rings is 1. The maximum Gasteiger partial charge on any atom is 0.338 e. The minimum Gasteiger partial charge on any atom is -0.462 e. The number of esters is 1. The lowest BCUT2D eigenvalue weighted by molar-refractivity contribution is -0.123. The molecule has 0 aromatic heterocycles. The Balaban J connectivity index is 2.03. The molecule has 1 aliphatic rings. The summed E-state index contributed by atoms with van der Waals surface area (Å²) >= 11 is 0. The summed E-state index contributed by atoms with van der Waals surface area (Å²) in [6.45, 7) is 8.77. The van der Waals surface area contributed by atoms with Crippen LogP contribution in [0.3, 0.4) is 0 Å². The first-order valence-corrected chi connectivity index (χ1v) is 9.00. The quantitative estimate of drug-likeness (QED) is 0.808. The summed E-state index contributed by atoms with van der Waals surface area (Å²) in [7, 11) is 0. The Hall–Kier alpha value is -1.84. The average Bonchev–Trinajstić information content (AvgIpc) is 2.55. The molecule has 2 rings (SSSR count). The van der Waals surface area contributed by atoms with Gasteiger partial charge in [0.2, 0.25) is 5.91 Å². The fourth-order valence-electron chi connectivity index (χ4n) is 3.64. The summed E-state index contributed by atoms with van der Waals surface area (Å²) in [6.07, 6.45) is 3.29. The second-order valence-electron chi connectivity index (χ2n) is 7.22. The zero-order chi connectivity index (χ0) is 17.7. The van der Waals surface area contributed by atoms with Crippen LogP contribution in [0.2, 0.25) is 0 Å². The molecular formula is C20H29NO3. The van der Waals surface area contributed by atoms with E-state index in [4.69, 9.17) is 4.74 Å². The van der Waals surface area contributed by atoms with Gasteiger partial charge in [0.05, 0.1) is 12.2 Å². The second-order valence-corrected chi connectivity index (χ2v) is 7.22. The molecule has 0 saturated heterocycles. The van der Waals surface area contributed by atoms with Gasteiger partial charge >= 0.3 is 5.97 Å². The van der Waals surface area contributed by atoms with Crippen LogP contribution >= 0.6 is 0 Å². The molecule has 1 amide bonds. The van der Waals surface area contributed by atoms with Crippen molar-refractivity contribution in [3.63, 3.8) is 0 Å². The molecule has 1 aromatic rings. The Labute approximate surface area is 145 Å². The average molecular weight is 331 g/mol. The highest BCUT2D eigenvalue weighted by Gasteiger charge is 2.35. The van der Waals surface area contributed by atoms with Crippen LogP contribution in [-0.2, 0) is 9.53 Å². The van der Waals surface area contributed by atoms with Gasteiger partial charge in [-0.05, 0) is 61.8 Å². The van der Waals surface area contributed by atoms with Crippen molar-refractivity contribution in [2.75, 3.05) is 11.9 Å². The number of hydrogen-bond donors (Lipinski definition) is 1. The van der Waals surface area contributed by atoms with E-state index in [9.17, 15) is 9.59 Å². The third kappa shape index (κ3) is 4.59. The van der Waals surface area contributed by atoms with Crippen LogP contribution in [0.15, 0.2) is 24.3 Å². The standard InChI is InChI=1S/C20H29NO3/c1-5-24-20(23)15-7-9-16(10-8-15)21-19(22)18-12-14(4)6-11-17(18)13(2)3/h7-10,13-14,17-18H,5-6,11-12H2,1-4H3,(H,21,22)/t14-,17+,18-/m1/s1. The predicted molar refractivity (Wildman–Crippen MR) is 95.9 cm³/mol. The van der Waals surface area contributed by atoms with Crippen LogP contribution in [0.25, 0.3) is 0 Å². The topological polar surface area (TPSA) is 55.4 Å². The van der Waals surface area contributed by atoms with Crippen molar-refractivity contribution in [3.8, 4) is 0 Å². The van der Waals surface area contributed by atoms with Crippen LogP contribution in [0.1, 0.15) is 57.3 Å². The first-order valence-electron chi connectivity index (χ1n) is 9.00. The van der Waals surface area contributed by atoms with Gasteiger partial charge in [-0.1, -0.05) is 27.2 Å². The molecule has 1 N–H and O–H groups in total. The number of carbonyl (C=O) groups excluding carboxylic acids is 2.